The van der Waals surface area contributed by atoms with Gasteiger partial charge in [0, 0.05) is 11.5 Å². The molecule has 2 aliphatic carbocycles. The van der Waals surface area contributed by atoms with Crippen LogP contribution >= 0.6 is 0 Å². The van der Waals surface area contributed by atoms with Crippen molar-refractivity contribution in [2.75, 3.05) is 0 Å². The number of fused-ring (bicyclic) bond motifs is 2. The Morgan fingerprint density at radius 3 is 2.12 bits per heavy atom. The van der Waals surface area contributed by atoms with E-state index in [9.17, 15) is 4.79 Å². The van der Waals surface area contributed by atoms with Crippen molar-refractivity contribution < 1.29 is 4.79 Å². The first kappa shape index (κ1) is 14.0. The minimum Gasteiger partial charge on any atom is -0.293 e. The summed E-state index contributed by atoms with van der Waals surface area (Å²) in [6.07, 6.45) is 0. The van der Waals surface area contributed by atoms with Crippen molar-refractivity contribution >= 4 is 16.6 Å². The van der Waals surface area contributed by atoms with Crippen LogP contribution < -0.4 is 0 Å². The minimum absolute atomic E-state index is 0.151. The summed E-state index contributed by atoms with van der Waals surface area (Å²) in [6, 6.07) is 29.6. The van der Waals surface area contributed by atoms with E-state index in [4.69, 9.17) is 0 Å². The van der Waals surface area contributed by atoms with Crippen LogP contribution in [0.3, 0.4) is 0 Å². The highest BCUT2D eigenvalue weighted by atomic mass is 16.1. The van der Waals surface area contributed by atoms with Crippen LogP contribution in [0.4, 0.5) is 0 Å². The first-order valence-electron chi connectivity index (χ1n) is 9.08. The highest BCUT2D eigenvalue weighted by molar-refractivity contribution is 6.20. The quantitative estimate of drug-likeness (QED) is 0.439. The van der Waals surface area contributed by atoms with Gasteiger partial charge in [0.25, 0.3) is 0 Å². The molecule has 0 radical (unpaired) electrons. The second-order valence-electron chi connectivity index (χ2n) is 7.24. The molecule has 122 valence electrons. The molecule has 0 N–H and O–H groups in total. The van der Waals surface area contributed by atoms with Gasteiger partial charge in [0.2, 0.25) is 0 Å². The Labute approximate surface area is 151 Å². The zero-order valence-corrected chi connectivity index (χ0v) is 14.1. The largest absolute Gasteiger partial charge is 0.293 e. The van der Waals surface area contributed by atoms with Crippen LogP contribution in [0.25, 0.3) is 10.8 Å². The van der Waals surface area contributed by atoms with Crippen LogP contribution in [0.1, 0.15) is 50.0 Å². The topological polar surface area (TPSA) is 17.1 Å². The number of Topliss-reactive ketones (excluding diaryl/α,β-unsaturated/α-hetero) is 1. The van der Waals surface area contributed by atoms with Gasteiger partial charge in [0.1, 0.15) is 0 Å². The first-order valence-corrected chi connectivity index (χ1v) is 9.08. The SMILES string of the molecule is O=C1c2cccc3ccc4c(c23)C1c1ccccc1C4c1ccccc1. The van der Waals surface area contributed by atoms with Crippen LogP contribution in [-0.4, -0.2) is 5.78 Å². The molecule has 4 aromatic carbocycles. The summed E-state index contributed by atoms with van der Waals surface area (Å²) < 4.78 is 0. The number of ketones is 1. The zero-order chi connectivity index (χ0) is 17.3. The molecule has 0 saturated carbocycles. The average molecular weight is 332 g/mol. The van der Waals surface area contributed by atoms with Crippen molar-refractivity contribution in [3.8, 4) is 0 Å². The Bertz CT molecular complexity index is 1200. The van der Waals surface area contributed by atoms with Crippen molar-refractivity contribution in [2.24, 2.45) is 0 Å². The van der Waals surface area contributed by atoms with Crippen LogP contribution in [0.2, 0.25) is 0 Å². The normalized spacial score (nSPS) is 19.6. The minimum atomic E-state index is -0.151. The van der Waals surface area contributed by atoms with Gasteiger partial charge in [0.15, 0.2) is 5.78 Å². The van der Waals surface area contributed by atoms with E-state index in [1.807, 2.05) is 12.1 Å². The lowest BCUT2D eigenvalue weighted by Crippen LogP contribution is -2.20. The lowest BCUT2D eigenvalue weighted by molar-refractivity contribution is 0.0980. The third kappa shape index (κ3) is 1.63. The van der Waals surface area contributed by atoms with Gasteiger partial charge in [-0.25, -0.2) is 0 Å². The average Bonchev–Trinajstić information content (AvgIpc) is 3.01. The summed E-state index contributed by atoms with van der Waals surface area (Å²) in [7, 11) is 0. The Kier molecular flexibility index (Phi) is 2.66. The summed E-state index contributed by atoms with van der Waals surface area (Å²) in [5.41, 5.74) is 7.11. The van der Waals surface area contributed by atoms with Crippen LogP contribution in [-0.2, 0) is 0 Å². The van der Waals surface area contributed by atoms with E-state index in [-0.39, 0.29) is 17.6 Å². The molecule has 0 aliphatic heterocycles. The van der Waals surface area contributed by atoms with E-state index in [2.05, 4.69) is 72.8 Å². The molecule has 0 bridgehead atoms. The van der Waals surface area contributed by atoms with Gasteiger partial charge < -0.3 is 0 Å². The molecule has 2 unspecified atom stereocenters. The number of hydrogen-bond donors (Lipinski definition) is 0. The third-order valence-corrected chi connectivity index (χ3v) is 6.00. The Hall–Kier alpha value is -3.19. The monoisotopic (exact) mass is 332 g/mol. The molecule has 2 aliphatic rings. The van der Waals surface area contributed by atoms with Crippen molar-refractivity contribution in [1.82, 2.24) is 0 Å². The molecule has 0 fully saturated rings. The summed E-state index contributed by atoms with van der Waals surface area (Å²) in [4.78, 5) is 13.3. The highest BCUT2D eigenvalue weighted by Crippen LogP contribution is 2.53. The number of rotatable bonds is 1. The second kappa shape index (κ2) is 4.92. The van der Waals surface area contributed by atoms with Gasteiger partial charge in [-0.1, -0.05) is 84.9 Å². The van der Waals surface area contributed by atoms with Crippen LogP contribution in [0, 0.1) is 0 Å². The van der Waals surface area contributed by atoms with Gasteiger partial charge in [-0.05, 0) is 38.6 Å². The Morgan fingerprint density at radius 1 is 0.577 bits per heavy atom. The molecule has 4 aromatic rings. The van der Waals surface area contributed by atoms with Crippen molar-refractivity contribution in [3.05, 3.63) is 118 Å². The molecule has 0 saturated heterocycles. The van der Waals surface area contributed by atoms with Crippen LogP contribution in [0.15, 0.2) is 84.9 Å². The van der Waals surface area contributed by atoms with Crippen molar-refractivity contribution in [1.29, 1.82) is 0 Å². The highest BCUT2D eigenvalue weighted by Gasteiger charge is 2.42. The van der Waals surface area contributed by atoms with E-state index in [1.165, 1.54) is 33.2 Å². The molecule has 6 rings (SSSR count). The third-order valence-electron chi connectivity index (χ3n) is 6.00. The predicted octanol–water partition coefficient (Wildman–Crippen LogP) is 5.66. The second-order valence-corrected chi connectivity index (χ2v) is 7.24. The Morgan fingerprint density at radius 2 is 1.31 bits per heavy atom. The van der Waals surface area contributed by atoms with E-state index in [0.29, 0.717) is 0 Å². The molecule has 2 atom stereocenters. The maximum absolute atomic E-state index is 13.3. The molecule has 1 heteroatoms. The van der Waals surface area contributed by atoms with Crippen LogP contribution in [0.5, 0.6) is 0 Å². The molecule has 0 aromatic heterocycles. The molecule has 1 nitrogen and oxygen atoms in total. The molecule has 0 heterocycles. The van der Waals surface area contributed by atoms with Gasteiger partial charge >= 0.3 is 0 Å². The molecular formula is C25H16O. The summed E-state index contributed by atoms with van der Waals surface area (Å²) >= 11 is 0. The van der Waals surface area contributed by atoms with Gasteiger partial charge in [0.05, 0.1) is 5.92 Å². The molecule has 0 spiro atoms. The number of hydrogen-bond acceptors (Lipinski definition) is 1. The summed E-state index contributed by atoms with van der Waals surface area (Å²) in [5.74, 6) is 0.279. The molecule has 0 amide bonds. The number of benzene rings is 4. The summed E-state index contributed by atoms with van der Waals surface area (Å²) in [5, 5.41) is 2.33. The van der Waals surface area contributed by atoms with E-state index in [1.54, 1.807) is 0 Å². The number of carbonyl (C=O) groups excluding carboxylic acids is 1. The maximum Gasteiger partial charge on any atom is 0.175 e. The van der Waals surface area contributed by atoms with Gasteiger partial charge in [-0.15, -0.1) is 0 Å². The molecule has 26 heavy (non-hydrogen) atoms. The fourth-order valence-electron chi connectivity index (χ4n) is 4.98. The standard InChI is InChI=1S/C25H16O/c26-25-20-12-6-9-16-13-14-19-21(15-7-2-1-3-8-15)17-10-4-5-11-18(17)24(25)23(19)22(16)20/h1-14,21,24H. The van der Waals surface area contributed by atoms with E-state index < -0.39 is 0 Å². The van der Waals surface area contributed by atoms with E-state index >= 15 is 0 Å². The van der Waals surface area contributed by atoms with Gasteiger partial charge in [-0.2, -0.15) is 0 Å². The zero-order valence-electron chi connectivity index (χ0n) is 14.1. The fraction of sp³-hybridized carbons (Fsp3) is 0.0800. The van der Waals surface area contributed by atoms with Gasteiger partial charge in [-0.3, -0.25) is 4.79 Å². The molecular weight excluding hydrogens is 316 g/mol. The lowest BCUT2D eigenvalue weighted by Gasteiger charge is -2.32. The smallest absolute Gasteiger partial charge is 0.175 e. The van der Waals surface area contributed by atoms with Crippen molar-refractivity contribution in [2.45, 2.75) is 11.8 Å². The first-order chi connectivity index (χ1) is 12.8. The van der Waals surface area contributed by atoms with Crippen molar-refractivity contribution in [3.63, 3.8) is 0 Å². The van der Waals surface area contributed by atoms with E-state index in [0.717, 1.165) is 10.9 Å². The number of carbonyl (C=O) groups is 1. The maximum atomic E-state index is 13.3. The summed E-state index contributed by atoms with van der Waals surface area (Å²) in [6.45, 7) is 0. The Balaban J connectivity index is 1.77. The fourth-order valence-corrected chi connectivity index (χ4v) is 4.98. The predicted molar refractivity (Wildman–Crippen MR) is 104 cm³/mol. The lowest BCUT2D eigenvalue weighted by atomic mass is 9.70.